The van der Waals surface area contributed by atoms with Crippen LogP contribution in [0, 0.1) is 13.8 Å². The number of carbonyl (C=O) groups excluding carboxylic acids is 1. The van der Waals surface area contributed by atoms with Crippen molar-refractivity contribution in [2.45, 2.75) is 39.0 Å². The summed E-state index contributed by atoms with van der Waals surface area (Å²) >= 11 is 0. The summed E-state index contributed by atoms with van der Waals surface area (Å²) in [7, 11) is -3.82. The Morgan fingerprint density at radius 1 is 1.14 bits per heavy atom. The van der Waals surface area contributed by atoms with Crippen molar-refractivity contribution >= 4 is 27.5 Å². The first kappa shape index (κ1) is 20.6. The summed E-state index contributed by atoms with van der Waals surface area (Å²) < 4.78 is 34.0. The van der Waals surface area contributed by atoms with E-state index in [1.165, 1.54) is 6.92 Å². The normalized spacial score (nSPS) is 11.3. The smallest absolute Gasteiger partial charge is 0.262 e. The second-order valence-corrected chi connectivity index (χ2v) is 8.47. The van der Waals surface area contributed by atoms with Crippen LogP contribution in [0.15, 0.2) is 51.9 Å². The number of nitrogens with zero attached hydrogens (tertiary/aromatic N) is 1. The van der Waals surface area contributed by atoms with Gasteiger partial charge in [0.2, 0.25) is 11.8 Å². The molecular weight excluding hydrogens is 390 g/mol. The number of hydrogen-bond donors (Lipinski definition) is 2. The maximum Gasteiger partial charge on any atom is 0.262 e. The number of nitrogens with one attached hydrogen (secondary N) is 2. The largest absolute Gasteiger partial charge is 0.337 e. The molecule has 0 atom stereocenters. The molecule has 0 aliphatic heterocycles. The fourth-order valence-corrected chi connectivity index (χ4v) is 4.39. The van der Waals surface area contributed by atoms with Crippen LogP contribution in [0.5, 0.6) is 0 Å². The SMILES string of the molecule is CCc1noc(NC(C)=O)c1-c1ccc(C)c(S(=O)(=O)Nc2cccc(C)c2)c1. The van der Waals surface area contributed by atoms with E-state index in [4.69, 9.17) is 4.52 Å². The first-order valence-corrected chi connectivity index (χ1v) is 10.7. The lowest BCUT2D eigenvalue weighted by atomic mass is 10.0. The van der Waals surface area contributed by atoms with Gasteiger partial charge in [0, 0.05) is 12.6 Å². The monoisotopic (exact) mass is 413 g/mol. The van der Waals surface area contributed by atoms with E-state index in [2.05, 4.69) is 15.2 Å². The number of aromatic nitrogens is 1. The van der Waals surface area contributed by atoms with Gasteiger partial charge in [0.25, 0.3) is 10.0 Å². The van der Waals surface area contributed by atoms with E-state index in [9.17, 15) is 13.2 Å². The molecule has 3 rings (SSSR count). The number of amides is 1. The van der Waals surface area contributed by atoms with Crippen LogP contribution < -0.4 is 10.0 Å². The molecule has 0 spiro atoms. The Balaban J connectivity index is 2.07. The third-order valence-corrected chi connectivity index (χ3v) is 5.95. The van der Waals surface area contributed by atoms with Crippen molar-refractivity contribution in [2.75, 3.05) is 10.0 Å². The van der Waals surface area contributed by atoms with E-state index < -0.39 is 10.0 Å². The summed E-state index contributed by atoms with van der Waals surface area (Å²) in [5.41, 5.74) is 3.86. The second-order valence-electron chi connectivity index (χ2n) is 6.82. The van der Waals surface area contributed by atoms with Gasteiger partial charge < -0.3 is 4.52 Å². The van der Waals surface area contributed by atoms with Crippen LogP contribution in [-0.2, 0) is 21.2 Å². The molecule has 0 saturated carbocycles. The molecule has 29 heavy (non-hydrogen) atoms. The fraction of sp³-hybridized carbons (Fsp3) is 0.238. The second kappa shape index (κ2) is 8.08. The van der Waals surface area contributed by atoms with E-state index in [0.717, 1.165) is 5.56 Å². The van der Waals surface area contributed by atoms with E-state index in [1.807, 2.05) is 19.9 Å². The Hall–Kier alpha value is -3.13. The highest BCUT2D eigenvalue weighted by atomic mass is 32.2. The minimum Gasteiger partial charge on any atom is -0.337 e. The molecular formula is C21H23N3O4S. The molecule has 8 heteroatoms. The molecule has 0 aliphatic rings. The summed E-state index contributed by atoms with van der Waals surface area (Å²) in [6, 6.07) is 12.2. The summed E-state index contributed by atoms with van der Waals surface area (Å²) in [6.45, 7) is 6.90. The van der Waals surface area contributed by atoms with Gasteiger partial charge in [-0.1, -0.05) is 36.3 Å². The average Bonchev–Trinajstić information content (AvgIpc) is 3.03. The molecule has 152 valence electrons. The quantitative estimate of drug-likeness (QED) is 0.628. The van der Waals surface area contributed by atoms with Crippen molar-refractivity contribution in [3.05, 3.63) is 59.3 Å². The predicted octanol–water partition coefficient (Wildman–Crippen LogP) is 4.28. The topological polar surface area (TPSA) is 101 Å². The highest BCUT2D eigenvalue weighted by Gasteiger charge is 2.22. The third kappa shape index (κ3) is 4.48. The van der Waals surface area contributed by atoms with Gasteiger partial charge in [-0.25, -0.2) is 8.42 Å². The standard InChI is InChI=1S/C21H23N3O4S/c1-5-18-20(21(28-23-18)22-15(4)25)16-10-9-14(3)19(12-16)29(26,27)24-17-8-6-7-13(2)11-17/h6-12,24H,5H2,1-4H3,(H,22,25). The Kier molecular flexibility index (Phi) is 5.74. The fourth-order valence-electron chi connectivity index (χ4n) is 3.07. The lowest BCUT2D eigenvalue weighted by molar-refractivity contribution is -0.114. The highest BCUT2D eigenvalue weighted by molar-refractivity contribution is 7.92. The molecule has 2 N–H and O–H groups in total. The Morgan fingerprint density at radius 2 is 1.90 bits per heavy atom. The molecule has 1 heterocycles. The summed E-state index contributed by atoms with van der Waals surface area (Å²) in [4.78, 5) is 11.6. The summed E-state index contributed by atoms with van der Waals surface area (Å²) in [5, 5.41) is 6.61. The minimum absolute atomic E-state index is 0.147. The minimum atomic E-state index is -3.82. The van der Waals surface area contributed by atoms with Crippen molar-refractivity contribution in [3.8, 4) is 11.1 Å². The number of benzene rings is 2. The lowest BCUT2D eigenvalue weighted by Crippen LogP contribution is -2.14. The van der Waals surface area contributed by atoms with Gasteiger partial charge in [0.1, 0.15) is 0 Å². The van der Waals surface area contributed by atoms with Crippen LogP contribution in [0.25, 0.3) is 11.1 Å². The lowest BCUT2D eigenvalue weighted by Gasteiger charge is -2.13. The van der Waals surface area contributed by atoms with Gasteiger partial charge in [-0.05, 0) is 55.2 Å². The first-order chi connectivity index (χ1) is 13.7. The van der Waals surface area contributed by atoms with Gasteiger partial charge in [-0.2, -0.15) is 0 Å². The van der Waals surface area contributed by atoms with E-state index in [1.54, 1.807) is 43.3 Å². The zero-order chi connectivity index (χ0) is 21.2. The first-order valence-electron chi connectivity index (χ1n) is 9.18. The van der Waals surface area contributed by atoms with Crippen LogP contribution >= 0.6 is 0 Å². The van der Waals surface area contributed by atoms with Gasteiger partial charge in [0.05, 0.1) is 16.2 Å². The number of hydrogen-bond acceptors (Lipinski definition) is 5. The van der Waals surface area contributed by atoms with Crippen LogP contribution in [0.2, 0.25) is 0 Å². The van der Waals surface area contributed by atoms with E-state index in [0.29, 0.717) is 34.5 Å². The molecule has 0 unspecified atom stereocenters. The molecule has 7 nitrogen and oxygen atoms in total. The van der Waals surface area contributed by atoms with E-state index >= 15 is 0 Å². The van der Waals surface area contributed by atoms with Crippen LogP contribution in [-0.4, -0.2) is 19.5 Å². The maximum atomic E-state index is 13.1. The van der Waals surface area contributed by atoms with Crippen molar-refractivity contribution in [3.63, 3.8) is 0 Å². The van der Waals surface area contributed by atoms with Crippen LogP contribution in [0.4, 0.5) is 11.6 Å². The van der Waals surface area contributed by atoms with Crippen molar-refractivity contribution < 1.29 is 17.7 Å². The van der Waals surface area contributed by atoms with Crippen molar-refractivity contribution in [1.29, 1.82) is 0 Å². The molecule has 3 aromatic rings. The molecule has 0 bridgehead atoms. The van der Waals surface area contributed by atoms with Gasteiger partial charge in [-0.3, -0.25) is 14.8 Å². The average molecular weight is 413 g/mol. The number of aryl methyl sites for hydroxylation is 3. The van der Waals surface area contributed by atoms with Gasteiger partial charge >= 0.3 is 0 Å². The van der Waals surface area contributed by atoms with Crippen molar-refractivity contribution in [1.82, 2.24) is 5.16 Å². The number of sulfonamides is 1. The molecule has 0 fully saturated rings. The summed E-state index contributed by atoms with van der Waals surface area (Å²) in [5.74, 6) is -0.0979. The molecule has 2 aromatic carbocycles. The zero-order valence-corrected chi connectivity index (χ0v) is 17.6. The number of rotatable bonds is 6. The Labute approximate surface area is 170 Å². The molecule has 0 radical (unpaired) electrons. The van der Waals surface area contributed by atoms with Gasteiger partial charge in [-0.15, -0.1) is 0 Å². The van der Waals surface area contributed by atoms with Crippen LogP contribution in [0.3, 0.4) is 0 Å². The highest BCUT2D eigenvalue weighted by Crippen LogP contribution is 2.34. The maximum absolute atomic E-state index is 13.1. The van der Waals surface area contributed by atoms with E-state index in [-0.39, 0.29) is 16.7 Å². The van der Waals surface area contributed by atoms with Crippen LogP contribution in [0.1, 0.15) is 30.7 Å². The number of anilines is 2. The van der Waals surface area contributed by atoms with Gasteiger partial charge in [0.15, 0.2) is 0 Å². The number of carbonyl (C=O) groups is 1. The molecule has 1 aromatic heterocycles. The zero-order valence-electron chi connectivity index (χ0n) is 16.7. The Bertz CT molecular complexity index is 1170. The Morgan fingerprint density at radius 3 is 2.55 bits per heavy atom. The summed E-state index contributed by atoms with van der Waals surface area (Å²) in [6.07, 6.45) is 0.565. The molecule has 0 aliphatic carbocycles. The molecule has 1 amide bonds. The third-order valence-electron chi connectivity index (χ3n) is 4.42. The molecule has 0 saturated heterocycles. The van der Waals surface area contributed by atoms with Crippen molar-refractivity contribution in [2.24, 2.45) is 0 Å². The predicted molar refractivity (Wildman–Crippen MR) is 112 cm³/mol.